The molecule has 0 radical (unpaired) electrons. The molecule has 0 saturated heterocycles. The average Bonchev–Trinajstić information content (AvgIpc) is 3.42. The fourth-order valence-electron chi connectivity index (χ4n) is 3.29. The fourth-order valence-corrected chi connectivity index (χ4v) is 3.29. The summed E-state index contributed by atoms with van der Waals surface area (Å²) in [6.07, 6.45) is 3.54. The molecule has 0 heterocycles. The van der Waals surface area contributed by atoms with Gasteiger partial charge in [-0.15, -0.1) is 0 Å². The topological polar surface area (TPSA) is 44.1 Å². The standard InChI is InChI=1S/C21H24N2O/c1-3-17(14-23(2)13-15-4-5-15)21(24)20-9-8-18-10-16(12-22)6-7-19(18)11-20/h6-11,15,17H,3-5,13-14H2,1-2H3/t17-/m0/s1. The van der Waals surface area contributed by atoms with Crippen LogP contribution in [0.1, 0.15) is 42.1 Å². The van der Waals surface area contributed by atoms with Gasteiger partial charge in [0.15, 0.2) is 5.78 Å². The molecule has 2 aromatic rings. The van der Waals surface area contributed by atoms with Gasteiger partial charge in [0, 0.05) is 24.6 Å². The molecule has 1 aliphatic carbocycles. The summed E-state index contributed by atoms with van der Waals surface area (Å²) in [5.41, 5.74) is 1.42. The van der Waals surface area contributed by atoms with Gasteiger partial charge in [-0.25, -0.2) is 0 Å². The lowest BCUT2D eigenvalue weighted by molar-refractivity contribution is 0.0884. The van der Waals surface area contributed by atoms with E-state index in [2.05, 4.69) is 24.9 Å². The number of nitriles is 1. The Morgan fingerprint density at radius 2 is 1.96 bits per heavy atom. The summed E-state index contributed by atoms with van der Waals surface area (Å²) in [7, 11) is 2.12. The van der Waals surface area contributed by atoms with Gasteiger partial charge >= 0.3 is 0 Å². The predicted octanol–water partition coefficient (Wildman–Crippen LogP) is 4.26. The predicted molar refractivity (Wildman–Crippen MR) is 97.0 cm³/mol. The van der Waals surface area contributed by atoms with E-state index in [1.807, 2.05) is 30.3 Å². The minimum atomic E-state index is 0.0459. The minimum Gasteiger partial charge on any atom is -0.305 e. The first kappa shape index (κ1) is 16.7. The highest BCUT2D eigenvalue weighted by Gasteiger charge is 2.25. The first-order chi connectivity index (χ1) is 11.6. The number of ketones is 1. The third kappa shape index (κ3) is 3.83. The maximum Gasteiger partial charge on any atom is 0.167 e. The molecule has 1 atom stereocenters. The highest BCUT2D eigenvalue weighted by atomic mass is 16.1. The number of nitrogens with zero attached hydrogens (tertiary/aromatic N) is 2. The van der Waals surface area contributed by atoms with Gasteiger partial charge in [-0.3, -0.25) is 4.79 Å². The van der Waals surface area contributed by atoms with Gasteiger partial charge in [-0.2, -0.15) is 5.26 Å². The molecule has 3 heteroatoms. The van der Waals surface area contributed by atoms with Crippen molar-refractivity contribution in [3.05, 3.63) is 47.5 Å². The smallest absolute Gasteiger partial charge is 0.167 e. The van der Waals surface area contributed by atoms with Crippen LogP contribution < -0.4 is 0 Å². The summed E-state index contributed by atoms with van der Waals surface area (Å²) >= 11 is 0. The number of Topliss-reactive ketones (excluding diaryl/α,β-unsaturated/α-hetero) is 1. The maximum atomic E-state index is 12.9. The Hall–Kier alpha value is -2.18. The molecule has 0 bridgehead atoms. The molecule has 1 fully saturated rings. The second-order valence-electron chi connectivity index (χ2n) is 7.02. The SMILES string of the molecule is CC[C@@H](CN(C)CC1CC1)C(=O)c1ccc2cc(C#N)ccc2c1. The largest absolute Gasteiger partial charge is 0.305 e. The lowest BCUT2D eigenvalue weighted by Gasteiger charge is -2.22. The Bertz CT molecular complexity index is 786. The zero-order valence-corrected chi connectivity index (χ0v) is 14.5. The van der Waals surface area contributed by atoms with Crippen molar-refractivity contribution >= 4 is 16.6 Å². The van der Waals surface area contributed by atoms with Crippen LogP contribution in [0.15, 0.2) is 36.4 Å². The molecular formula is C21H24N2O. The van der Waals surface area contributed by atoms with E-state index in [1.165, 1.54) is 12.8 Å². The van der Waals surface area contributed by atoms with Crippen LogP contribution in [-0.2, 0) is 0 Å². The van der Waals surface area contributed by atoms with Crippen LogP contribution in [0.3, 0.4) is 0 Å². The Morgan fingerprint density at radius 1 is 1.25 bits per heavy atom. The number of carbonyl (C=O) groups is 1. The Balaban J connectivity index is 1.76. The number of hydrogen-bond donors (Lipinski definition) is 0. The third-order valence-corrected chi connectivity index (χ3v) is 4.92. The van der Waals surface area contributed by atoms with Gasteiger partial charge in [-0.1, -0.05) is 25.1 Å². The van der Waals surface area contributed by atoms with Crippen molar-refractivity contribution in [2.75, 3.05) is 20.1 Å². The molecule has 3 nitrogen and oxygen atoms in total. The normalized spacial score (nSPS) is 15.4. The summed E-state index contributed by atoms with van der Waals surface area (Å²) in [5.74, 6) is 1.12. The van der Waals surface area contributed by atoms with E-state index in [1.54, 1.807) is 6.07 Å². The average molecular weight is 320 g/mol. The van der Waals surface area contributed by atoms with Crippen LogP contribution in [0.2, 0.25) is 0 Å². The van der Waals surface area contributed by atoms with E-state index in [0.29, 0.717) is 5.56 Å². The molecule has 1 saturated carbocycles. The number of hydrogen-bond acceptors (Lipinski definition) is 3. The van der Waals surface area contributed by atoms with Gasteiger partial charge in [0.25, 0.3) is 0 Å². The molecule has 0 unspecified atom stereocenters. The molecule has 0 aromatic heterocycles. The van der Waals surface area contributed by atoms with Crippen LogP contribution in [0.5, 0.6) is 0 Å². The molecule has 0 N–H and O–H groups in total. The summed E-state index contributed by atoms with van der Waals surface area (Å²) < 4.78 is 0. The van der Waals surface area contributed by atoms with Gasteiger partial charge in [0.1, 0.15) is 0 Å². The molecule has 0 spiro atoms. The van der Waals surface area contributed by atoms with Crippen molar-refractivity contribution in [2.45, 2.75) is 26.2 Å². The zero-order valence-electron chi connectivity index (χ0n) is 14.5. The van der Waals surface area contributed by atoms with Crippen molar-refractivity contribution in [3.63, 3.8) is 0 Å². The second kappa shape index (κ2) is 7.15. The minimum absolute atomic E-state index is 0.0459. The Labute approximate surface area is 143 Å². The van der Waals surface area contributed by atoms with E-state index < -0.39 is 0 Å². The maximum absolute atomic E-state index is 12.9. The first-order valence-corrected chi connectivity index (χ1v) is 8.77. The molecule has 3 rings (SSSR count). The van der Waals surface area contributed by atoms with E-state index >= 15 is 0 Å². The van der Waals surface area contributed by atoms with Crippen molar-refractivity contribution in [1.29, 1.82) is 5.26 Å². The quantitative estimate of drug-likeness (QED) is 0.716. The monoisotopic (exact) mass is 320 g/mol. The molecular weight excluding hydrogens is 296 g/mol. The van der Waals surface area contributed by atoms with Crippen molar-refractivity contribution < 1.29 is 4.79 Å². The summed E-state index contributed by atoms with van der Waals surface area (Å²) in [4.78, 5) is 15.2. The van der Waals surface area contributed by atoms with Crippen LogP contribution >= 0.6 is 0 Å². The van der Waals surface area contributed by atoms with Crippen LogP contribution in [0.4, 0.5) is 0 Å². The molecule has 24 heavy (non-hydrogen) atoms. The second-order valence-corrected chi connectivity index (χ2v) is 7.02. The molecule has 0 aliphatic heterocycles. The van der Waals surface area contributed by atoms with Gasteiger partial charge in [-0.05, 0) is 61.2 Å². The fraction of sp³-hybridized carbons (Fsp3) is 0.429. The van der Waals surface area contributed by atoms with Crippen LogP contribution in [-0.4, -0.2) is 30.8 Å². The van der Waals surface area contributed by atoms with E-state index in [-0.39, 0.29) is 11.7 Å². The van der Waals surface area contributed by atoms with E-state index in [0.717, 1.165) is 41.8 Å². The van der Waals surface area contributed by atoms with Crippen molar-refractivity contribution in [2.24, 2.45) is 11.8 Å². The first-order valence-electron chi connectivity index (χ1n) is 8.77. The van der Waals surface area contributed by atoms with E-state index in [9.17, 15) is 4.79 Å². The lowest BCUT2D eigenvalue weighted by Crippen LogP contribution is -2.31. The lowest BCUT2D eigenvalue weighted by atomic mass is 9.93. The van der Waals surface area contributed by atoms with Gasteiger partial charge < -0.3 is 4.90 Å². The van der Waals surface area contributed by atoms with Crippen LogP contribution in [0.25, 0.3) is 10.8 Å². The number of fused-ring (bicyclic) bond motifs is 1. The molecule has 2 aromatic carbocycles. The molecule has 124 valence electrons. The van der Waals surface area contributed by atoms with Crippen molar-refractivity contribution in [1.82, 2.24) is 4.90 Å². The van der Waals surface area contributed by atoms with Gasteiger partial charge in [0.05, 0.1) is 11.6 Å². The summed E-state index contributed by atoms with van der Waals surface area (Å²) in [6.45, 7) is 4.03. The van der Waals surface area contributed by atoms with Crippen LogP contribution in [0, 0.1) is 23.2 Å². The summed E-state index contributed by atoms with van der Waals surface area (Å²) in [5, 5.41) is 11.0. The highest BCUT2D eigenvalue weighted by Crippen LogP contribution is 2.30. The zero-order chi connectivity index (χ0) is 17.1. The number of benzene rings is 2. The molecule has 0 amide bonds. The van der Waals surface area contributed by atoms with Crippen molar-refractivity contribution in [3.8, 4) is 6.07 Å². The summed E-state index contributed by atoms with van der Waals surface area (Å²) in [6, 6.07) is 13.6. The number of carbonyl (C=O) groups excluding carboxylic acids is 1. The Morgan fingerprint density at radius 3 is 2.62 bits per heavy atom. The highest BCUT2D eigenvalue weighted by molar-refractivity contribution is 6.01. The number of rotatable bonds is 7. The Kier molecular flexibility index (Phi) is 4.97. The van der Waals surface area contributed by atoms with E-state index in [4.69, 9.17) is 5.26 Å². The van der Waals surface area contributed by atoms with Gasteiger partial charge in [0.2, 0.25) is 0 Å². The molecule has 1 aliphatic rings. The third-order valence-electron chi connectivity index (χ3n) is 4.92.